The molecule has 94 valence electrons. The number of benzene rings is 1. The first kappa shape index (κ1) is 12.2. The molecule has 0 aliphatic carbocycles. The van der Waals surface area contributed by atoms with Gasteiger partial charge in [0, 0.05) is 11.8 Å². The van der Waals surface area contributed by atoms with Gasteiger partial charge < -0.3 is 14.2 Å². The molecule has 0 aliphatic rings. The zero-order valence-electron chi connectivity index (χ0n) is 10.6. The van der Waals surface area contributed by atoms with E-state index in [1.165, 1.54) is 0 Å². The molecule has 0 atom stereocenters. The molecule has 0 saturated heterocycles. The van der Waals surface area contributed by atoms with Crippen molar-refractivity contribution in [1.82, 2.24) is 4.98 Å². The molecule has 0 amide bonds. The van der Waals surface area contributed by atoms with E-state index in [0.717, 1.165) is 11.3 Å². The fraction of sp³-hybridized carbons (Fsp3) is 0.214. The minimum atomic E-state index is 0.583. The fourth-order valence-corrected chi connectivity index (χ4v) is 1.76. The zero-order valence-corrected chi connectivity index (χ0v) is 10.6. The highest BCUT2D eigenvalue weighted by Gasteiger charge is 2.14. The number of nitrogens with zero attached hydrogens (tertiary/aromatic N) is 1. The van der Waals surface area contributed by atoms with Crippen molar-refractivity contribution in [3.63, 3.8) is 0 Å². The van der Waals surface area contributed by atoms with E-state index < -0.39 is 0 Å². The third-order valence-electron chi connectivity index (χ3n) is 2.63. The molecule has 4 nitrogen and oxygen atoms in total. The van der Waals surface area contributed by atoms with E-state index in [0.29, 0.717) is 17.2 Å². The number of hydrogen-bond donors (Lipinski definition) is 0. The maximum atomic E-state index is 5.31. The Morgan fingerprint density at radius 2 is 1.56 bits per heavy atom. The molecule has 2 aromatic rings. The molecule has 0 aliphatic heterocycles. The summed E-state index contributed by atoms with van der Waals surface area (Å²) in [5.74, 6) is 1.83. The van der Waals surface area contributed by atoms with Crippen LogP contribution in [0.5, 0.6) is 17.2 Å². The first-order valence-electron chi connectivity index (χ1n) is 5.51. The summed E-state index contributed by atoms with van der Waals surface area (Å²) in [6.07, 6.45) is 1.75. The monoisotopic (exact) mass is 245 g/mol. The summed E-state index contributed by atoms with van der Waals surface area (Å²) in [5, 5.41) is 0. The SMILES string of the molecule is COc1cc(-c2ccccn2)cc(OC)c1OC. The van der Waals surface area contributed by atoms with Crippen molar-refractivity contribution < 1.29 is 14.2 Å². The molecule has 0 radical (unpaired) electrons. The van der Waals surface area contributed by atoms with Gasteiger partial charge in [0.1, 0.15) is 0 Å². The summed E-state index contributed by atoms with van der Waals surface area (Å²) in [7, 11) is 4.78. The van der Waals surface area contributed by atoms with Gasteiger partial charge in [-0.15, -0.1) is 0 Å². The Balaban J connectivity index is 2.57. The largest absolute Gasteiger partial charge is 0.493 e. The van der Waals surface area contributed by atoms with Crippen molar-refractivity contribution in [3.8, 4) is 28.5 Å². The predicted molar refractivity (Wildman–Crippen MR) is 69.3 cm³/mol. The van der Waals surface area contributed by atoms with Gasteiger partial charge in [0.2, 0.25) is 5.75 Å². The Morgan fingerprint density at radius 1 is 0.889 bits per heavy atom. The van der Waals surface area contributed by atoms with E-state index in [1.54, 1.807) is 27.5 Å². The third-order valence-corrected chi connectivity index (χ3v) is 2.63. The van der Waals surface area contributed by atoms with Gasteiger partial charge in [-0.1, -0.05) is 6.07 Å². The molecule has 0 fully saturated rings. The average Bonchev–Trinajstić information content (AvgIpc) is 2.46. The van der Waals surface area contributed by atoms with Crippen LogP contribution in [0, 0.1) is 0 Å². The van der Waals surface area contributed by atoms with Crippen molar-refractivity contribution in [1.29, 1.82) is 0 Å². The number of aromatic nitrogens is 1. The molecule has 18 heavy (non-hydrogen) atoms. The highest BCUT2D eigenvalue weighted by atomic mass is 16.5. The second-order valence-electron chi connectivity index (χ2n) is 3.63. The van der Waals surface area contributed by atoms with Crippen molar-refractivity contribution in [2.24, 2.45) is 0 Å². The van der Waals surface area contributed by atoms with Gasteiger partial charge in [0.15, 0.2) is 11.5 Å². The molecule has 0 unspecified atom stereocenters. The molecule has 0 saturated carbocycles. The molecule has 2 rings (SSSR count). The summed E-state index contributed by atoms with van der Waals surface area (Å²) in [5.41, 5.74) is 1.78. The lowest BCUT2D eigenvalue weighted by Gasteiger charge is -2.13. The van der Waals surface area contributed by atoms with Crippen LogP contribution in [0.15, 0.2) is 36.5 Å². The number of hydrogen-bond acceptors (Lipinski definition) is 4. The smallest absolute Gasteiger partial charge is 0.203 e. The number of ether oxygens (including phenoxy) is 3. The fourth-order valence-electron chi connectivity index (χ4n) is 1.76. The lowest BCUT2D eigenvalue weighted by molar-refractivity contribution is 0.324. The summed E-state index contributed by atoms with van der Waals surface area (Å²) < 4.78 is 15.9. The van der Waals surface area contributed by atoms with E-state index in [-0.39, 0.29) is 0 Å². The first-order valence-corrected chi connectivity index (χ1v) is 5.51. The molecule has 1 aromatic carbocycles. The number of rotatable bonds is 4. The molecule has 4 heteroatoms. The minimum absolute atomic E-state index is 0.583. The maximum absolute atomic E-state index is 5.31. The molecular weight excluding hydrogens is 230 g/mol. The van der Waals surface area contributed by atoms with Crippen LogP contribution in [0.2, 0.25) is 0 Å². The van der Waals surface area contributed by atoms with E-state index >= 15 is 0 Å². The summed E-state index contributed by atoms with van der Waals surface area (Å²) in [6.45, 7) is 0. The van der Waals surface area contributed by atoms with E-state index in [2.05, 4.69) is 4.98 Å². The molecule has 0 bridgehead atoms. The summed E-state index contributed by atoms with van der Waals surface area (Å²) in [6, 6.07) is 9.50. The topological polar surface area (TPSA) is 40.6 Å². The van der Waals surface area contributed by atoms with Gasteiger partial charge in [-0.2, -0.15) is 0 Å². The lowest BCUT2D eigenvalue weighted by atomic mass is 10.1. The Hall–Kier alpha value is -2.23. The average molecular weight is 245 g/mol. The van der Waals surface area contributed by atoms with Gasteiger partial charge in [0.05, 0.1) is 27.0 Å². The van der Waals surface area contributed by atoms with Crippen molar-refractivity contribution in [2.75, 3.05) is 21.3 Å². The standard InChI is InChI=1S/C14H15NO3/c1-16-12-8-10(11-6-4-5-7-15-11)9-13(17-2)14(12)18-3/h4-9H,1-3H3. The number of pyridine rings is 1. The molecule has 1 aromatic heterocycles. The number of methoxy groups -OCH3 is 3. The van der Waals surface area contributed by atoms with Crippen LogP contribution < -0.4 is 14.2 Å². The van der Waals surface area contributed by atoms with Gasteiger partial charge in [-0.3, -0.25) is 4.98 Å². The quantitative estimate of drug-likeness (QED) is 0.830. The second-order valence-corrected chi connectivity index (χ2v) is 3.63. The van der Waals surface area contributed by atoms with Gasteiger partial charge in [0.25, 0.3) is 0 Å². The molecule has 0 N–H and O–H groups in total. The first-order chi connectivity index (χ1) is 8.80. The zero-order chi connectivity index (χ0) is 13.0. The highest BCUT2D eigenvalue weighted by molar-refractivity contribution is 5.68. The lowest BCUT2D eigenvalue weighted by Crippen LogP contribution is -1.96. The van der Waals surface area contributed by atoms with E-state index in [4.69, 9.17) is 14.2 Å². The van der Waals surface area contributed by atoms with Crippen LogP contribution in [0.25, 0.3) is 11.3 Å². The van der Waals surface area contributed by atoms with Gasteiger partial charge in [-0.25, -0.2) is 0 Å². The minimum Gasteiger partial charge on any atom is -0.493 e. The van der Waals surface area contributed by atoms with E-state index in [1.807, 2.05) is 30.3 Å². The van der Waals surface area contributed by atoms with Crippen molar-refractivity contribution in [2.45, 2.75) is 0 Å². The van der Waals surface area contributed by atoms with Crippen molar-refractivity contribution >= 4 is 0 Å². The van der Waals surface area contributed by atoms with Crippen LogP contribution in [0.1, 0.15) is 0 Å². The summed E-state index contributed by atoms with van der Waals surface area (Å²) >= 11 is 0. The third kappa shape index (κ3) is 2.22. The molecular formula is C14H15NO3. The van der Waals surface area contributed by atoms with Crippen LogP contribution in [0.4, 0.5) is 0 Å². The van der Waals surface area contributed by atoms with E-state index in [9.17, 15) is 0 Å². The van der Waals surface area contributed by atoms with Gasteiger partial charge >= 0.3 is 0 Å². The summed E-state index contributed by atoms with van der Waals surface area (Å²) in [4.78, 5) is 4.30. The Kier molecular flexibility index (Phi) is 3.67. The van der Waals surface area contributed by atoms with Crippen LogP contribution in [0.3, 0.4) is 0 Å². The van der Waals surface area contributed by atoms with Gasteiger partial charge in [-0.05, 0) is 24.3 Å². The Labute approximate surface area is 106 Å². The second kappa shape index (κ2) is 5.40. The highest BCUT2D eigenvalue weighted by Crippen LogP contribution is 2.40. The van der Waals surface area contributed by atoms with Crippen LogP contribution in [-0.2, 0) is 0 Å². The Morgan fingerprint density at radius 3 is 2.00 bits per heavy atom. The Bertz CT molecular complexity index is 501. The molecule has 0 spiro atoms. The van der Waals surface area contributed by atoms with Crippen LogP contribution in [-0.4, -0.2) is 26.3 Å². The molecule has 1 heterocycles. The normalized spacial score (nSPS) is 9.94. The van der Waals surface area contributed by atoms with Crippen LogP contribution >= 0.6 is 0 Å². The maximum Gasteiger partial charge on any atom is 0.203 e. The van der Waals surface area contributed by atoms with Crippen molar-refractivity contribution in [3.05, 3.63) is 36.5 Å². The predicted octanol–water partition coefficient (Wildman–Crippen LogP) is 2.77.